The molecule has 0 heterocycles. The van der Waals surface area contributed by atoms with Crippen molar-refractivity contribution in [2.45, 2.75) is 17.4 Å². The zero-order valence-corrected chi connectivity index (χ0v) is 12.2. The van der Waals surface area contributed by atoms with Crippen molar-refractivity contribution in [1.29, 1.82) is 5.26 Å². The molecule has 1 N–H and O–H groups in total. The molecule has 0 bridgehead atoms. The van der Waals surface area contributed by atoms with E-state index in [1.807, 2.05) is 42.5 Å². The van der Waals surface area contributed by atoms with Crippen molar-refractivity contribution in [3.8, 4) is 6.07 Å². The number of aliphatic carboxylic acids is 1. The fourth-order valence-electron chi connectivity index (χ4n) is 1.92. The van der Waals surface area contributed by atoms with Crippen molar-refractivity contribution < 1.29 is 9.90 Å². The molecule has 0 aliphatic heterocycles. The number of carboxylic acids is 1. The van der Waals surface area contributed by atoms with Gasteiger partial charge in [0.15, 0.2) is 0 Å². The molecule has 0 saturated carbocycles. The standard InChI is InChI=1S/C17H15NO2S/c18-11-14-6-8-15(9-7-14)12-21-16(17(19)20)10-13-4-2-1-3-5-13/h1-9,16H,10,12H2,(H,19,20). The predicted octanol–water partition coefficient (Wildman–Crippen LogP) is 3.49. The maximum absolute atomic E-state index is 11.4. The predicted molar refractivity (Wildman–Crippen MR) is 84.0 cm³/mol. The van der Waals surface area contributed by atoms with E-state index >= 15 is 0 Å². The van der Waals surface area contributed by atoms with Crippen molar-refractivity contribution >= 4 is 17.7 Å². The lowest BCUT2D eigenvalue weighted by molar-refractivity contribution is -0.136. The normalized spacial score (nSPS) is 11.6. The van der Waals surface area contributed by atoms with Gasteiger partial charge in [-0.3, -0.25) is 4.79 Å². The van der Waals surface area contributed by atoms with Crippen LogP contribution in [0.3, 0.4) is 0 Å². The summed E-state index contributed by atoms with van der Waals surface area (Å²) < 4.78 is 0. The van der Waals surface area contributed by atoms with Crippen molar-refractivity contribution in [3.05, 3.63) is 71.3 Å². The van der Waals surface area contributed by atoms with Gasteiger partial charge < -0.3 is 5.11 Å². The van der Waals surface area contributed by atoms with Crippen LogP contribution in [-0.4, -0.2) is 16.3 Å². The maximum Gasteiger partial charge on any atom is 0.316 e. The largest absolute Gasteiger partial charge is 0.480 e. The third-order valence-electron chi connectivity index (χ3n) is 3.07. The van der Waals surface area contributed by atoms with Gasteiger partial charge in [-0.1, -0.05) is 42.5 Å². The summed E-state index contributed by atoms with van der Waals surface area (Å²) in [6.45, 7) is 0. The first-order valence-corrected chi connectivity index (χ1v) is 7.61. The molecule has 0 fully saturated rings. The van der Waals surface area contributed by atoms with Gasteiger partial charge in [-0.05, 0) is 29.7 Å². The SMILES string of the molecule is N#Cc1ccc(CSC(Cc2ccccc2)C(=O)O)cc1. The summed E-state index contributed by atoms with van der Waals surface area (Å²) >= 11 is 1.41. The smallest absolute Gasteiger partial charge is 0.316 e. The topological polar surface area (TPSA) is 61.1 Å². The lowest BCUT2D eigenvalue weighted by atomic mass is 10.1. The minimum Gasteiger partial charge on any atom is -0.480 e. The minimum atomic E-state index is -0.794. The Hall–Kier alpha value is -2.25. The van der Waals surface area contributed by atoms with Gasteiger partial charge in [-0.2, -0.15) is 5.26 Å². The molecule has 0 aromatic heterocycles. The summed E-state index contributed by atoms with van der Waals surface area (Å²) in [5.41, 5.74) is 2.67. The highest BCUT2D eigenvalue weighted by molar-refractivity contribution is 7.99. The molecule has 0 radical (unpaired) electrons. The van der Waals surface area contributed by atoms with Crippen molar-refractivity contribution in [1.82, 2.24) is 0 Å². The van der Waals surface area contributed by atoms with Crippen molar-refractivity contribution in [3.63, 3.8) is 0 Å². The third-order valence-corrected chi connectivity index (χ3v) is 4.34. The number of nitriles is 1. The Labute approximate surface area is 128 Å². The summed E-state index contributed by atoms with van der Waals surface area (Å²) in [6.07, 6.45) is 0.511. The molecule has 0 amide bonds. The van der Waals surface area contributed by atoms with E-state index in [1.165, 1.54) is 11.8 Å². The van der Waals surface area contributed by atoms with Crippen LogP contribution in [0.15, 0.2) is 54.6 Å². The summed E-state index contributed by atoms with van der Waals surface area (Å²) in [5, 5.41) is 17.6. The van der Waals surface area contributed by atoms with E-state index in [2.05, 4.69) is 6.07 Å². The second-order valence-corrected chi connectivity index (χ2v) is 5.83. The summed E-state index contributed by atoms with van der Waals surface area (Å²) in [5.74, 6) is -0.173. The summed E-state index contributed by atoms with van der Waals surface area (Å²) in [4.78, 5) is 11.4. The Morgan fingerprint density at radius 2 is 1.76 bits per heavy atom. The summed E-state index contributed by atoms with van der Waals surface area (Å²) in [6, 6.07) is 18.9. The van der Waals surface area contributed by atoms with E-state index in [9.17, 15) is 9.90 Å². The molecule has 3 nitrogen and oxygen atoms in total. The lowest BCUT2D eigenvalue weighted by Gasteiger charge is -2.12. The molecule has 21 heavy (non-hydrogen) atoms. The van der Waals surface area contributed by atoms with Crippen molar-refractivity contribution in [2.24, 2.45) is 0 Å². The Morgan fingerprint density at radius 1 is 1.10 bits per heavy atom. The molecule has 4 heteroatoms. The van der Waals surface area contributed by atoms with Crippen LogP contribution in [0.1, 0.15) is 16.7 Å². The minimum absolute atomic E-state index is 0.469. The van der Waals surface area contributed by atoms with Crippen LogP contribution >= 0.6 is 11.8 Å². The molecule has 0 aliphatic rings. The van der Waals surface area contributed by atoms with Gasteiger partial charge in [0.05, 0.1) is 11.6 Å². The van der Waals surface area contributed by atoms with Gasteiger partial charge in [0, 0.05) is 5.75 Å². The van der Waals surface area contributed by atoms with Gasteiger partial charge in [0.1, 0.15) is 5.25 Å². The molecule has 2 aromatic rings. The monoisotopic (exact) mass is 297 g/mol. The number of nitrogens with zero attached hydrogens (tertiary/aromatic N) is 1. The molecular formula is C17H15NO2S. The Morgan fingerprint density at radius 3 is 2.33 bits per heavy atom. The second kappa shape index (κ2) is 7.51. The Bertz CT molecular complexity index is 632. The maximum atomic E-state index is 11.4. The molecule has 2 aromatic carbocycles. The van der Waals surface area contributed by atoms with E-state index in [4.69, 9.17) is 5.26 Å². The molecule has 1 atom stereocenters. The molecule has 1 unspecified atom stereocenters. The first-order valence-electron chi connectivity index (χ1n) is 6.56. The van der Waals surface area contributed by atoms with E-state index in [-0.39, 0.29) is 0 Å². The van der Waals surface area contributed by atoms with Crippen molar-refractivity contribution in [2.75, 3.05) is 0 Å². The zero-order chi connectivity index (χ0) is 15.1. The highest BCUT2D eigenvalue weighted by atomic mass is 32.2. The van der Waals surface area contributed by atoms with Crippen LogP contribution in [0.4, 0.5) is 0 Å². The zero-order valence-electron chi connectivity index (χ0n) is 11.4. The number of carbonyl (C=O) groups is 1. The van der Waals surface area contributed by atoms with Crippen LogP contribution in [-0.2, 0) is 17.0 Å². The van der Waals surface area contributed by atoms with Gasteiger partial charge >= 0.3 is 5.97 Å². The van der Waals surface area contributed by atoms with Crippen LogP contribution in [0.5, 0.6) is 0 Å². The number of hydrogen-bond donors (Lipinski definition) is 1. The fraction of sp³-hybridized carbons (Fsp3) is 0.176. The van der Waals surface area contributed by atoms with Gasteiger partial charge in [-0.15, -0.1) is 11.8 Å². The van der Waals surface area contributed by atoms with E-state index in [1.54, 1.807) is 12.1 Å². The average molecular weight is 297 g/mol. The van der Waals surface area contributed by atoms with Gasteiger partial charge in [0.2, 0.25) is 0 Å². The highest BCUT2D eigenvalue weighted by Crippen LogP contribution is 2.22. The number of hydrogen-bond acceptors (Lipinski definition) is 3. The van der Waals surface area contributed by atoms with Gasteiger partial charge in [-0.25, -0.2) is 0 Å². The van der Waals surface area contributed by atoms with Crippen LogP contribution in [0.25, 0.3) is 0 Å². The first-order chi connectivity index (χ1) is 10.2. The van der Waals surface area contributed by atoms with E-state index in [0.717, 1.165) is 11.1 Å². The number of carboxylic acid groups (broad SMARTS) is 1. The lowest BCUT2D eigenvalue weighted by Crippen LogP contribution is -2.19. The molecule has 2 rings (SSSR count). The second-order valence-electron chi connectivity index (χ2n) is 4.64. The highest BCUT2D eigenvalue weighted by Gasteiger charge is 2.18. The van der Waals surface area contributed by atoms with Crippen LogP contribution in [0, 0.1) is 11.3 Å². The Balaban J connectivity index is 1.97. The van der Waals surface area contributed by atoms with E-state index in [0.29, 0.717) is 17.7 Å². The van der Waals surface area contributed by atoms with E-state index < -0.39 is 11.2 Å². The molecule has 106 valence electrons. The third kappa shape index (κ3) is 4.66. The quantitative estimate of drug-likeness (QED) is 0.886. The first kappa shape index (κ1) is 15.1. The molecule has 0 saturated heterocycles. The Kier molecular flexibility index (Phi) is 5.42. The van der Waals surface area contributed by atoms with Gasteiger partial charge in [0.25, 0.3) is 0 Å². The average Bonchev–Trinajstić information content (AvgIpc) is 2.52. The van der Waals surface area contributed by atoms with Crippen LogP contribution in [0.2, 0.25) is 0 Å². The molecule has 0 aliphatic carbocycles. The number of rotatable bonds is 6. The number of thioether (sulfide) groups is 1. The fourth-order valence-corrected chi connectivity index (χ4v) is 2.96. The van der Waals surface area contributed by atoms with Crippen LogP contribution < -0.4 is 0 Å². The number of benzene rings is 2. The molecule has 0 spiro atoms. The summed E-state index contributed by atoms with van der Waals surface area (Å²) in [7, 11) is 0. The molecular weight excluding hydrogens is 282 g/mol.